The maximum atomic E-state index is 15.3. The van der Waals surface area contributed by atoms with E-state index >= 15 is 4.39 Å². The van der Waals surface area contributed by atoms with Gasteiger partial charge in [-0.15, -0.1) is 0 Å². The topological polar surface area (TPSA) is 79.0 Å². The summed E-state index contributed by atoms with van der Waals surface area (Å²) in [6.45, 7) is 6.35. The Labute approximate surface area is 214 Å². The minimum atomic E-state index is -0.375. The van der Waals surface area contributed by atoms with Crippen LogP contribution in [-0.4, -0.2) is 47.6 Å². The van der Waals surface area contributed by atoms with Crippen LogP contribution in [0.25, 0.3) is 32.9 Å². The van der Waals surface area contributed by atoms with Crippen LogP contribution in [0, 0.1) is 29.5 Å². The van der Waals surface area contributed by atoms with Gasteiger partial charge >= 0.3 is 0 Å². The van der Waals surface area contributed by atoms with Crippen molar-refractivity contribution in [2.75, 3.05) is 37.7 Å². The van der Waals surface area contributed by atoms with E-state index in [1.807, 2.05) is 23.9 Å². The molecule has 3 aliphatic heterocycles. The van der Waals surface area contributed by atoms with Gasteiger partial charge in [0, 0.05) is 54.5 Å². The molecule has 0 bridgehead atoms. The second-order valence-electron chi connectivity index (χ2n) is 10.8. The molecule has 5 heterocycles. The fourth-order valence-corrected chi connectivity index (χ4v) is 6.42. The zero-order valence-corrected chi connectivity index (χ0v) is 20.9. The Bertz CT molecular complexity index is 1580. The summed E-state index contributed by atoms with van der Waals surface area (Å²) < 4.78 is 23.3. The van der Waals surface area contributed by atoms with Crippen LogP contribution in [0.1, 0.15) is 43.0 Å². The van der Waals surface area contributed by atoms with Crippen LogP contribution in [-0.2, 0) is 4.74 Å². The lowest BCUT2D eigenvalue weighted by atomic mass is 9.81. The first-order chi connectivity index (χ1) is 18.1. The minimum absolute atomic E-state index is 0.101. The fraction of sp³-hybridized carbons (Fsp3) is 0.414. The van der Waals surface area contributed by atoms with E-state index in [1.165, 1.54) is 6.07 Å². The zero-order chi connectivity index (χ0) is 25.1. The predicted molar refractivity (Wildman–Crippen MR) is 141 cm³/mol. The second kappa shape index (κ2) is 8.51. The van der Waals surface area contributed by atoms with Crippen molar-refractivity contribution in [2.45, 2.75) is 38.8 Å². The highest BCUT2D eigenvalue weighted by atomic mass is 19.1. The summed E-state index contributed by atoms with van der Waals surface area (Å²) in [5, 5.41) is 20.3. The number of anilines is 1. The first-order valence-corrected chi connectivity index (χ1v) is 13.2. The van der Waals surface area contributed by atoms with E-state index < -0.39 is 0 Å². The molecule has 0 amide bonds. The van der Waals surface area contributed by atoms with E-state index in [0.717, 1.165) is 86.1 Å². The molecule has 0 saturated carbocycles. The van der Waals surface area contributed by atoms with Gasteiger partial charge in [0.25, 0.3) is 0 Å². The first kappa shape index (κ1) is 22.6. The van der Waals surface area contributed by atoms with Gasteiger partial charge in [0.2, 0.25) is 0 Å². The largest absolute Gasteiger partial charge is 0.356 e. The summed E-state index contributed by atoms with van der Waals surface area (Å²) in [5.74, 6) is 0.207. The van der Waals surface area contributed by atoms with Crippen molar-refractivity contribution in [3.8, 4) is 17.2 Å². The Morgan fingerprint density at radius 3 is 2.78 bits per heavy atom. The number of aromatic nitrogens is 3. The van der Waals surface area contributed by atoms with Gasteiger partial charge in [-0.05, 0) is 55.9 Å². The second-order valence-corrected chi connectivity index (χ2v) is 10.8. The quantitative estimate of drug-likeness (QED) is 0.427. The van der Waals surface area contributed by atoms with Gasteiger partial charge in [0.15, 0.2) is 6.23 Å². The number of ether oxygens (including phenoxy) is 1. The van der Waals surface area contributed by atoms with Gasteiger partial charge in [-0.25, -0.2) is 14.1 Å². The summed E-state index contributed by atoms with van der Waals surface area (Å²) in [6, 6.07) is 11.6. The van der Waals surface area contributed by atoms with E-state index in [2.05, 4.69) is 28.4 Å². The van der Waals surface area contributed by atoms with Crippen LogP contribution in [0.3, 0.4) is 0 Å². The molecule has 3 fully saturated rings. The number of nitrogens with one attached hydrogen (secondary N) is 1. The monoisotopic (exact) mass is 496 g/mol. The molecule has 7 nitrogen and oxygen atoms in total. The molecule has 8 heteroatoms. The normalized spacial score (nSPS) is 21.0. The van der Waals surface area contributed by atoms with Gasteiger partial charge in [-0.3, -0.25) is 0 Å². The molecule has 0 aliphatic carbocycles. The van der Waals surface area contributed by atoms with Crippen LogP contribution >= 0.6 is 0 Å². The molecule has 0 radical (unpaired) electrons. The minimum Gasteiger partial charge on any atom is -0.356 e. The molecule has 2 aromatic carbocycles. The molecule has 3 aliphatic rings. The van der Waals surface area contributed by atoms with Crippen molar-refractivity contribution >= 4 is 27.6 Å². The Kier molecular flexibility index (Phi) is 5.20. The summed E-state index contributed by atoms with van der Waals surface area (Å²) in [7, 11) is 0. The highest BCUT2D eigenvalue weighted by Gasteiger charge is 2.44. The molecule has 4 aromatic rings. The lowest BCUT2D eigenvalue weighted by Crippen LogP contribution is -2.54. The van der Waals surface area contributed by atoms with E-state index in [4.69, 9.17) is 14.8 Å². The summed E-state index contributed by atoms with van der Waals surface area (Å²) in [5.41, 5.74) is 4.64. The number of hydrogen-bond acceptors (Lipinski definition) is 6. The Morgan fingerprint density at radius 1 is 1.16 bits per heavy atom. The van der Waals surface area contributed by atoms with Gasteiger partial charge < -0.3 is 15.0 Å². The molecule has 1 spiro atoms. The van der Waals surface area contributed by atoms with E-state index in [1.54, 1.807) is 6.07 Å². The number of hydrogen-bond donors (Lipinski definition) is 1. The van der Waals surface area contributed by atoms with Crippen molar-refractivity contribution < 1.29 is 9.13 Å². The molecule has 1 unspecified atom stereocenters. The van der Waals surface area contributed by atoms with E-state index in [0.29, 0.717) is 22.3 Å². The molecule has 188 valence electrons. The van der Waals surface area contributed by atoms with Crippen molar-refractivity contribution in [1.29, 1.82) is 5.26 Å². The van der Waals surface area contributed by atoms with Gasteiger partial charge in [-0.2, -0.15) is 10.4 Å². The van der Waals surface area contributed by atoms with Crippen LogP contribution in [0.2, 0.25) is 0 Å². The van der Waals surface area contributed by atoms with Gasteiger partial charge in [-0.1, -0.05) is 18.2 Å². The van der Waals surface area contributed by atoms with Gasteiger partial charge in [0.1, 0.15) is 28.8 Å². The fourth-order valence-electron chi connectivity index (χ4n) is 6.42. The SMILES string of the molecule is Cc1ccc2c(cnn2C2CCCCO2)c1-c1c(C#N)c(N2CCC3(CNC3)C2)nc2c(F)cccc12. The molecular formula is C29H29FN6O. The third-order valence-corrected chi connectivity index (χ3v) is 8.46. The molecule has 1 N–H and O–H groups in total. The Morgan fingerprint density at radius 2 is 2.05 bits per heavy atom. The number of para-hydroxylation sites is 1. The maximum Gasteiger partial charge on any atom is 0.150 e. The van der Waals surface area contributed by atoms with Crippen LogP contribution in [0.15, 0.2) is 36.5 Å². The van der Waals surface area contributed by atoms with Crippen molar-refractivity contribution in [2.24, 2.45) is 5.41 Å². The number of nitriles is 1. The summed E-state index contributed by atoms with van der Waals surface area (Å²) >= 11 is 0. The lowest BCUT2D eigenvalue weighted by molar-refractivity contribution is -0.0366. The number of halogens is 1. The third kappa shape index (κ3) is 3.45. The van der Waals surface area contributed by atoms with Crippen molar-refractivity contribution in [3.05, 3.63) is 53.5 Å². The van der Waals surface area contributed by atoms with Crippen LogP contribution in [0.4, 0.5) is 10.2 Å². The molecular weight excluding hydrogens is 467 g/mol. The lowest BCUT2D eigenvalue weighted by Gasteiger charge is -2.39. The Hall–Kier alpha value is -3.54. The molecule has 2 aromatic heterocycles. The summed E-state index contributed by atoms with van der Waals surface area (Å²) in [6.07, 6.45) is 5.90. The zero-order valence-electron chi connectivity index (χ0n) is 20.9. The highest BCUT2D eigenvalue weighted by molar-refractivity contribution is 6.08. The molecule has 1 atom stereocenters. The number of rotatable bonds is 3. The standard InChI is InChI=1S/C29H29FN6O/c1-18-8-9-23-21(14-33-36(23)24-7-2-3-12-37-24)25(18)26-19-5-4-6-22(30)27(19)34-28(20(26)13-31)35-11-10-29(17-35)15-32-16-29/h4-6,8-9,14,24,32H,2-3,7,10-12,15-17H2,1H3. The van der Waals surface area contributed by atoms with Crippen LogP contribution < -0.4 is 10.2 Å². The molecule has 3 saturated heterocycles. The first-order valence-electron chi connectivity index (χ1n) is 13.2. The number of nitrogens with zero attached hydrogens (tertiary/aromatic N) is 5. The number of benzene rings is 2. The van der Waals surface area contributed by atoms with Crippen molar-refractivity contribution in [1.82, 2.24) is 20.1 Å². The molecule has 37 heavy (non-hydrogen) atoms. The smallest absolute Gasteiger partial charge is 0.150 e. The predicted octanol–water partition coefficient (Wildman–Crippen LogP) is 5.07. The Balaban J connectivity index is 1.48. The number of fused-ring (bicyclic) bond motifs is 2. The number of pyridine rings is 1. The number of aryl methyl sites for hydroxylation is 1. The van der Waals surface area contributed by atoms with Crippen LogP contribution in [0.5, 0.6) is 0 Å². The molecule has 7 rings (SSSR count). The summed E-state index contributed by atoms with van der Waals surface area (Å²) in [4.78, 5) is 6.98. The van der Waals surface area contributed by atoms with Gasteiger partial charge in [0.05, 0.1) is 11.7 Å². The van der Waals surface area contributed by atoms with E-state index in [-0.39, 0.29) is 17.5 Å². The third-order valence-electron chi connectivity index (χ3n) is 8.46. The highest BCUT2D eigenvalue weighted by Crippen LogP contribution is 2.44. The maximum absolute atomic E-state index is 15.3. The van der Waals surface area contributed by atoms with Crippen molar-refractivity contribution in [3.63, 3.8) is 0 Å². The van der Waals surface area contributed by atoms with E-state index in [9.17, 15) is 5.26 Å². The average Bonchev–Trinajstić information content (AvgIpc) is 3.54. The average molecular weight is 497 g/mol.